The van der Waals surface area contributed by atoms with Crippen molar-refractivity contribution >= 4 is 5.91 Å². The van der Waals surface area contributed by atoms with Crippen LogP contribution in [0.4, 0.5) is 0 Å². The van der Waals surface area contributed by atoms with E-state index in [1.54, 1.807) is 6.20 Å². The van der Waals surface area contributed by atoms with Crippen LogP contribution in [0.3, 0.4) is 0 Å². The molecular weight excluding hydrogens is 274 g/mol. The number of amides is 1. The zero-order valence-electron chi connectivity index (χ0n) is 13.1. The third-order valence-corrected chi connectivity index (χ3v) is 4.43. The summed E-state index contributed by atoms with van der Waals surface area (Å²) in [6, 6.07) is 8.29. The van der Waals surface area contributed by atoms with E-state index >= 15 is 0 Å². The Bertz CT molecular complexity index is 615. The summed E-state index contributed by atoms with van der Waals surface area (Å²) in [5.41, 5.74) is 2.82. The third kappa shape index (κ3) is 3.06. The molecule has 1 aliphatic rings. The molecule has 1 heterocycles. The number of hydrogen-bond donors (Lipinski definition) is 1. The molecule has 4 nitrogen and oxygen atoms in total. The van der Waals surface area contributed by atoms with Crippen molar-refractivity contribution in [2.75, 3.05) is 6.54 Å². The average molecular weight is 297 g/mol. The quantitative estimate of drug-likeness (QED) is 0.910. The highest BCUT2D eigenvalue weighted by Gasteiger charge is 2.26. The molecule has 1 aromatic carbocycles. The Morgan fingerprint density at radius 2 is 2.14 bits per heavy atom. The molecule has 1 aromatic heterocycles. The smallest absolute Gasteiger partial charge is 0.254 e. The van der Waals surface area contributed by atoms with Crippen LogP contribution < -0.4 is 0 Å². The van der Waals surface area contributed by atoms with Gasteiger partial charge >= 0.3 is 0 Å². The van der Waals surface area contributed by atoms with Crippen LogP contribution in [0.2, 0.25) is 0 Å². The Kier molecular flexibility index (Phi) is 4.56. The van der Waals surface area contributed by atoms with Gasteiger partial charge in [0.15, 0.2) is 0 Å². The molecule has 3 rings (SSSR count). The predicted molar refractivity (Wildman–Crippen MR) is 87.6 cm³/mol. The standard InChI is InChI=1S/C18H23N3O/c1-2-10-21(17-8-3-4-9-17)18(22)15-7-5-6-14(11-15)16-12-19-20-13-16/h5-7,11-13,17H,2-4,8-10H2,1H3,(H,19,20). The molecule has 2 aromatic rings. The summed E-state index contributed by atoms with van der Waals surface area (Å²) in [5.74, 6) is 0.166. The minimum Gasteiger partial charge on any atom is -0.336 e. The van der Waals surface area contributed by atoms with Crippen LogP contribution in [0.25, 0.3) is 11.1 Å². The highest BCUT2D eigenvalue weighted by molar-refractivity contribution is 5.95. The topological polar surface area (TPSA) is 49.0 Å². The van der Waals surface area contributed by atoms with Gasteiger partial charge in [-0.05, 0) is 37.0 Å². The average Bonchev–Trinajstić information content (AvgIpc) is 3.25. The van der Waals surface area contributed by atoms with Crippen molar-refractivity contribution in [2.45, 2.75) is 45.1 Å². The third-order valence-electron chi connectivity index (χ3n) is 4.43. The second kappa shape index (κ2) is 6.77. The fourth-order valence-corrected chi connectivity index (χ4v) is 3.31. The van der Waals surface area contributed by atoms with E-state index < -0.39 is 0 Å². The Balaban J connectivity index is 1.85. The van der Waals surface area contributed by atoms with Crippen molar-refractivity contribution in [2.24, 2.45) is 0 Å². The minimum atomic E-state index is 0.166. The molecule has 1 aliphatic carbocycles. The largest absolute Gasteiger partial charge is 0.336 e. The summed E-state index contributed by atoms with van der Waals surface area (Å²) in [4.78, 5) is 15.0. The molecular formula is C18H23N3O. The minimum absolute atomic E-state index is 0.166. The number of H-pyrrole nitrogens is 1. The number of aromatic amines is 1. The molecule has 4 heteroatoms. The van der Waals surface area contributed by atoms with Crippen LogP contribution in [-0.4, -0.2) is 33.6 Å². The van der Waals surface area contributed by atoms with Gasteiger partial charge in [-0.3, -0.25) is 9.89 Å². The molecule has 0 saturated heterocycles. The number of carbonyl (C=O) groups is 1. The van der Waals surface area contributed by atoms with Crippen molar-refractivity contribution in [1.29, 1.82) is 0 Å². The van der Waals surface area contributed by atoms with E-state index in [4.69, 9.17) is 0 Å². The lowest BCUT2D eigenvalue weighted by molar-refractivity contribution is 0.0681. The van der Waals surface area contributed by atoms with Gasteiger partial charge in [-0.25, -0.2) is 0 Å². The summed E-state index contributed by atoms with van der Waals surface area (Å²) in [7, 11) is 0. The Labute approximate surface area is 131 Å². The molecule has 1 amide bonds. The van der Waals surface area contributed by atoms with Crippen LogP contribution >= 0.6 is 0 Å². The molecule has 1 fully saturated rings. The molecule has 1 saturated carbocycles. The predicted octanol–water partition coefficient (Wildman–Crippen LogP) is 3.87. The molecule has 0 aliphatic heterocycles. The fourth-order valence-electron chi connectivity index (χ4n) is 3.31. The molecule has 0 unspecified atom stereocenters. The first-order valence-corrected chi connectivity index (χ1v) is 8.19. The Morgan fingerprint density at radius 1 is 1.32 bits per heavy atom. The van der Waals surface area contributed by atoms with Crippen LogP contribution in [0.15, 0.2) is 36.7 Å². The van der Waals surface area contributed by atoms with Gasteiger partial charge in [-0.1, -0.05) is 31.9 Å². The summed E-state index contributed by atoms with van der Waals surface area (Å²) >= 11 is 0. The number of rotatable bonds is 5. The van der Waals surface area contributed by atoms with Crippen molar-refractivity contribution in [1.82, 2.24) is 15.1 Å². The van der Waals surface area contributed by atoms with Gasteiger partial charge < -0.3 is 4.90 Å². The fraction of sp³-hybridized carbons (Fsp3) is 0.444. The van der Waals surface area contributed by atoms with Crippen molar-refractivity contribution < 1.29 is 4.79 Å². The molecule has 1 N–H and O–H groups in total. The maximum atomic E-state index is 12.9. The Morgan fingerprint density at radius 3 is 2.82 bits per heavy atom. The van der Waals surface area contributed by atoms with E-state index in [2.05, 4.69) is 22.0 Å². The second-order valence-corrected chi connectivity index (χ2v) is 6.00. The van der Waals surface area contributed by atoms with E-state index in [9.17, 15) is 4.79 Å². The van der Waals surface area contributed by atoms with Crippen molar-refractivity contribution in [3.8, 4) is 11.1 Å². The van der Waals surface area contributed by atoms with Crippen LogP contribution in [-0.2, 0) is 0 Å². The lowest BCUT2D eigenvalue weighted by atomic mass is 10.0. The first kappa shape index (κ1) is 14.8. The van der Waals surface area contributed by atoms with Gasteiger partial charge in [-0.2, -0.15) is 5.10 Å². The lowest BCUT2D eigenvalue weighted by Crippen LogP contribution is -2.39. The Hall–Kier alpha value is -2.10. The van der Waals surface area contributed by atoms with Gasteiger partial charge in [0.1, 0.15) is 0 Å². The zero-order chi connectivity index (χ0) is 15.4. The number of carbonyl (C=O) groups excluding carboxylic acids is 1. The zero-order valence-corrected chi connectivity index (χ0v) is 13.1. The number of nitrogens with zero attached hydrogens (tertiary/aromatic N) is 2. The van der Waals surface area contributed by atoms with Gasteiger partial charge in [-0.15, -0.1) is 0 Å². The molecule has 116 valence electrons. The highest BCUT2D eigenvalue weighted by Crippen LogP contribution is 2.26. The summed E-state index contributed by atoms with van der Waals surface area (Å²) in [6.45, 7) is 2.98. The highest BCUT2D eigenvalue weighted by atomic mass is 16.2. The SMILES string of the molecule is CCCN(C(=O)c1cccc(-c2cn[nH]c2)c1)C1CCCC1. The number of benzene rings is 1. The van der Waals surface area contributed by atoms with Gasteiger partial charge in [0, 0.05) is 29.9 Å². The summed E-state index contributed by atoms with van der Waals surface area (Å²) < 4.78 is 0. The molecule has 0 spiro atoms. The molecule has 0 bridgehead atoms. The first-order chi connectivity index (χ1) is 10.8. The molecule has 22 heavy (non-hydrogen) atoms. The summed E-state index contributed by atoms with van der Waals surface area (Å²) in [5, 5.41) is 6.80. The van der Waals surface area contributed by atoms with E-state index in [0.717, 1.165) is 42.5 Å². The molecule has 0 radical (unpaired) electrons. The van der Waals surface area contributed by atoms with E-state index in [0.29, 0.717) is 6.04 Å². The maximum Gasteiger partial charge on any atom is 0.254 e. The van der Waals surface area contributed by atoms with Crippen molar-refractivity contribution in [3.05, 3.63) is 42.2 Å². The van der Waals surface area contributed by atoms with Gasteiger partial charge in [0.25, 0.3) is 5.91 Å². The van der Waals surface area contributed by atoms with Crippen LogP contribution in [0.1, 0.15) is 49.4 Å². The second-order valence-electron chi connectivity index (χ2n) is 6.00. The number of hydrogen-bond acceptors (Lipinski definition) is 2. The lowest BCUT2D eigenvalue weighted by Gasteiger charge is -2.29. The van der Waals surface area contributed by atoms with Crippen LogP contribution in [0.5, 0.6) is 0 Å². The van der Waals surface area contributed by atoms with Gasteiger partial charge in [0.05, 0.1) is 6.20 Å². The van der Waals surface area contributed by atoms with Gasteiger partial charge in [0.2, 0.25) is 0 Å². The number of aromatic nitrogens is 2. The van der Waals surface area contributed by atoms with E-state index in [-0.39, 0.29) is 5.91 Å². The van der Waals surface area contributed by atoms with E-state index in [1.807, 2.05) is 30.5 Å². The monoisotopic (exact) mass is 297 g/mol. The number of nitrogens with one attached hydrogen (secondary N) is 1. The van der Waals surface area contributed by atoms with Crippen LogP contribution in [0, 0.1) is 0 Å². The molecule has 0 atom stereocenters. The summed E-state index contributed by atoms with van der Waals surface area (Å²) in [6.07, 6.45) is 9.42. The maximum absolute atomic E-state index is 12.9. The van der Waals surface area contributed by atoms with Crippen molar-refractivity contribution in [3.63, 3.8) is 0 Å². The first-order valence-electron chi connectivity index (χ1n) is 8.19. The van der Waals surface area contributed by atoms with E-state index in [1.165, 1.54) is 12.8 Å². The normalized spacial score (nSPS) is 15.1.